The number of hydrogen-bond donors (Lipinski definition) is 1. The minimum atomic E-state index is -4.24. The van der Waals surface area contributed by atoms with Gasteiger partial charge < -0.3 is 14.5 Å². The number of hydrogen-bond acceptors (Lipinski definition) is 6. The van der Waals surface area contributed by atoms with Gasteiger partial charge in [-0.15, -0.1) is 10.2 Å². The summed E-state index contributed by atoms with van der Waals surface area (Å²) in [5, 5.41) is 11.1. The molecule has 2 bridgehead atoms. The highest BCUT2D eigenvalue weighted by atomic mass is 35.5. The highest BCUT2D eigenvalue weighted by Crippen LogP contribution is 2.67. The Balaban J connectivity index is 1.10. The van der Waals surface area contributed by atoms with Gasteiger partial charge in [0.1, 0.15) is 11.6 Å². The third-order valence-electron chi connectivity index (χ3n) is 6.88. The number of ether oxygens (including phenoxy) is 1. The molecule has 6 rings (SSSR count). The van der Waals surface area contributed by atoms with E-state index in [0.29, 0.717) is 31.0 Å². The molecule has 33 heavy (non-hydrogen) atoms. The van der Waals surface area contributed by atoms with Crippen molar-refractivity contribution in [2.24, 2.45) is 0 Å². The Bertz CT molecular complexity index is 1070. The van der Waals surface area contributed by atoms with Crippen LogP contribution in [-0.2, 0) is 10.2 Å². The molecule has 12 heteroatoms. The molecular weight excluding hydrogens is 468 g/mol. The lowest BCUT2D eigenvalue weighted by atomic mass is 9.39. The van der Waals surface area contributed by atoms with Crippen LogP contribution in [0.5, 0.6) is 5.75 Å². The predicted molar refractivity (Wildman–Crippen MR) is 107 cm³/mol. The van der Waals surface area contributed by atoms with Gasteiger partial charge in [0.15, 0.2) is 6.61 Å². The van der Waals surface area contributed by atoms with Gasteiger partial charge in [0.05, 0.1) is 22.9 Å². The average Bonchev–Trinajstić information content (AvgIpc) is 3.15. The van der Waals surface area contributed by atoms with Gasteiger partial charge in [-0.3, -0.25) is 9.69 Å². The molecule has 1 aromatic heterocycles. The summed E-state index contributed by atoms with van der Waals surface area (Å²) in [6.07, 6.45) is -2.31. The van der Waals surface area contributed by atoms with Crippen LogP contribution in [0.3, 0.4) is 0 Å². The van der Waals surface area contributed by atoms with Crippen molar-refractivity contribution in [1.29, 1.82) is 0 Å². The molecule has 1 amide bonds. The van der Waals surface area contributed by atoms with E-state index in [0.717, 1.165) is 6.07 Å². The average molecular weight is 489 g/mol. The molecular formula is C21H21ClF4N4O3. The van der Waals surface area contributed by atoms with E-state index < -0.39 is 18.5 Å². The van der Waals surface area contributed by atoms with Crippen LogP contribution < -0.4 is 10.1 Å². The third-order valence-corrected chi connectivity index (χ3v) is 7.19. The summed E-state index contributed by atoms with van der Waals surface area (Å²) in [5.41, 5.74) is -0.648. The SMILES string of the molecule is C[C@H]1C(c2nnc(C34CC(NC(=O)COc5ccc(Cl)c(F)c5)(C3)C4)o2)CN1CC(F)(F)F. The first-order valence-corrected chi connectivity index (χ1v) is 10.9. The van der Waals surface area contributed by atoms with E-state index >= 15 is 0 Å². The Morgan fingerprint density at radius 3 is 2.70 bits per heavy atom. The van der Waals surface area contributed by atoms with Crippen molar-refractivity contribution in [3.63, 3.8) is 0 Å². The van der Waals surface area contributed by atoms with Gasteiger partial charge in [-0.2, -0.15) is 13.2 Å². The second kappa shape index (κ2) is 7.56. The summed E-state index contributed by atoms with van der Waals surface area (Å²) in [6.45, 7) is 0.742. The van der Waals surface area contributed by atoms with Crippen LogP contribution in [0, 0.1) is 5.82 Å². The van der Waals surface area contributed by atoms with E-state index in [4.69, 9.17) is 20.8 Å². The first-order valence-electron chi connectivity index (χ1n) is 10.5. The molecule has 1 saturated heterocycles. The molecule has 178 valence electrons. The van der Waals surface area contributed by atoms with E-state index in [1.165, 1.54) is 17.0 Å². The highest BCUT2D eigenvalue weighted by Gasteiger charge is 2.72. The summed E-state index contributed by atoms with van der Waals surface area (Å²) in [6, 6.07) is 3.62. The second-order valence-electron chi connectivity index (χ2n) is 9.34. The maximum atomic E-state index is 13.5. The summed E-state index contributed by atoms with van der Waals surface area (Å²) in [7, 11) is 0. The van der Waals surface area contributed by atoms with Gasteiger partial charge in [0, 0.05) is 24.2 Å². The summed E-state index contributed by atoms with van der Waals surface area (Å²) >= 11 is 5.62. The lowest BCUT2D eigenvalue weighted by Crippen LogP contribution is -2.77. The van der Waals surface area contributed by atoms with Gasteiger partial charge in [-0.05, 0) is 38.3 Å². The van der Waals surface area contributed by atoms with Crippen molar-refractivity contribution >= 4 is 17.5 Å². The first kappa shape index (κ1) is 22.4. The zero-order valence-corrected chi connectivity index (χ0v) is 18.3. The number of carbonyl (C=O) groups is 1. The zero-order chi connectivity index (χ0) is 23.6. The molecule has 2 heterocycles. The minimum Gasteiger partial charge on any atom is -0.484 e. The smallest absolute Gasteiger partial charge is 0.401 e. The molecule has 1 unspecified atom stereocenters. The Labute approximate surface area is 191 Å². The Kier molecular flexibility index (Phi) is 5.13. The summed E-state index contributed by atoms with van der Waals surface area (Å²) in [5.74, 6) is -0.120. The summed E-state index contributed by atoms with van der Waals surface area (Å²) < 4.78 is 62.4. The normalized spacial score (nSPS) is 30.7. The molecule has 4 aliphatic rings. The van der Waals surface area contributed by atoms with Crippen molar-refractivity contribution in [3.05, 3.63) is 40.8 Å². The second-order valence-corrected chi connectivity index (χ2v) is 9.75. The van der Waals surface area contributed by atoms with Crippen LogP contribution in [0.4, 0.5) is 17.6 Å². The fourth-order valence-electron chi connectivity index (χ4n) is 5.20. The van der Waals surface area contributed by atoms with Crippen LogP contribution in [0.15, 0.2) is 22.6 Å². The van der Waals surface area contributed by atoms with Crippen LogP contribution in [0.25, 0.3) is 0 Å². The summed E-state index contributed by atoms with van der Waals surface area (Å²) in [4.78, 5) is 13.6. The molecule has 3 aliphatic carbocycles. The number of carbonyl (C=O) groups excluding carboxylic acids is 1. The molecule has 1 aromatic carbocycles. The van der Waals surface area contributed by atoms with Crippen LogP contribution >= 0.6 is 11.6 Å². The fraction of sp³-hybridized carbons (Fsp3) is 0.571. The van der Waals surface area contributed by atoms with Crippen molar-refractivity contribution in [3.8, 4) is 5.75 Å². The number of rotatable bonds is 7. The first-order chi connectivity index (χ1) is 15.5. The Hall–Kier alpha value is -2.40. The number of alkyl halides is 3. The predicted octanol–water partition coefficient (Wildman–Crippen LogP) is 3.58. The van der Waals surface area contributed by atoms with Crippen molar-refractivity contribution in [2.45, 2.75) is 55.3 Å². The molecule has 7 nitrogen and oxygen atoms in total. The lowest BCUT2D eigenvalue weighted by Gasteiger charge is -2.68. The monoisotopic (exact) mass is 488 g/mol. The largest absolute Gasteiger partial charge is 0.484 e. The Morgan fingerprint density at radius 2 is 2.06 bits per heavy atom. The number of halogens is 5. The molecule has 3 saturated carbocycles. The van der Waals surface area contributed by atoms with Crippen molar-refractivity contribution in [1.82, 2.24) is 20.4 Å². The standard InChI is InChI=1S/C21H21ClF4N4O3/c1-11-13(5-30(11)10-21(24,25)26)17-28-29-18(33-17)19-7-20(8-19,9-19)27-16(31)6-32-12-2-3-14(22)15(23)4-12/h2-4,11,13H,5-10H2,1H3,(H,27,31)/t11-,13?,19?,20?/m0/s1. The molecule has 0 spiro atoms. The van der Waals surface area contributed by atoms with E-state index in [-0.39, 0.29) is 52.7 Å². The molecule has 2 atom stereocenters. The van der Waals surface area contributed by atoms with E-state index in [1.54, 1.807) is 6.92 Å². The van der Waals surface area contributed by atoms with Crippen LogP contribution in [0.2, 0.25) is 5.02 Å². The van der Waals surface area contributed by atoms with E-state index in [2.05, 4.69) is 15.5 Å². The van der Waals surface area contributed by atoms with Gasteiger partial charge in [-0.1, -0.05) is 11.6 Å². The van der Waals surface area contributed by atoms with Gasteiger partial charge in [0.25, 0.3) is 5.91 Å². The molecule has 0 radical (unpaired) electrons. The number of nitrogens with zero attached hydrogens (tertiary/aromatic N) is 3. The molecule has 4 fully saturated rings. The molecule has 1 aliphatic heterocycles. The van der Waals surface area contributed by atoms with Crippen LogP contribution in [0.1, 0.15) is 43.9 Å². The maximum absolute atomic E-state index is 13.5. The number of amides is 1. The molecule has 2 aromatic rings. The van der Waals surface area contributed by atoms with E-state index in [9.17, 15) is 22.4 Å². The van der Waals surface area contributed by atoms with E-state index in [1.807, 2.05) is 0 Å². The fourth-order valence-corrected chi connectivity index (χ4v) is 5.32. The van der Waals surface area contributed by atoms with Crippen LogP contribution in [-0.4, -0.2) is 58.5 Å². The van der Waals surface area contributed by atoms with Gasteiger partial charge in [-0.25, -0.2) is 4.39 Å². The van der Waals surface area contributed by atoms with Crippen molar-refractivity contribution in [2.75, 3.05) is 19.7 Å². The highest BCUT2D eigenvalue weighted by molar-refractivity contribution is 6.30. The number of likely N-dealkylation sites (tertiary alicyclic amines) is 1. The van der Waals surface area contributed by atoms with Gasteiger partial charge >= 0.3 is 6.18 Å². The lowest BCUT2D eigenvalue weighted by molar-refractivity contribution is -0.164. The topological polar surface area (TPSA) is 80.5 Å². The van der Waals surface area contributed by atoms with Gasteiger partial charge in [0.2, 0.25) is 11.8 Å². The number of benzene rings is 1. The van der Waals surface area contributed by atoms with Crippen molar-refractivity contribution < 1.29 is 31.5 Å². The number of nitrogens with one attached hydrogen (secondary N) is 1. The zero-order valence-electron chi connectivity index (χ0n) is 17.6. The molecule has 1 N–H and O–H groups in total. The number of aromatic nitrogens is 2. The quantitative estimate of drug-likeness (QED) is 0.600. The Morgan fingerprint density at radius 1 is 1.33 bits per heavy atom. The minimum absolute atomic E-state index is 0.0273. The maximum Gasteiger partial charge on any atom is 0.401 e. The third kappa shape index (κ3) is 4.05.